The summed E-state index contributed by atoms with van der Waals surface area (Å²) in [5.41, 5.74) is 3.26. The largest absolute Gasteiger partial charge is 0.497 e. The number of rotatable bonds is 16. The molecule has 11 rings (SSSR count). The fourth-order valence-electron chi connectivity index (χ4n) is 7.58. The van der Waals surface area contributed by atoms with Crippen LogP contribution in [0, 0.1) is 0 Å². The molecule has 0 amide bonds. The third kappa shape index (κ3) is 15.4. The minimum Gasteiger partial charge on any atom is -0.497 e. The lowest BCUT2D eigenvalue weighted by Crippen LogP contribution is -2.30. The van der Waals surface area contributed by atoms with Crippen LogP contribution in [0.5, 0.6) is 29.1 Å². The second-order valence-electron chi connectivity index (χ2n) is 16.9. The van der Waals surface area contributed by atoms with Crippen LogP contribution in [-0.2, 0) is 28.9 Å². The number of ether oxygens (including phenoxy) is 5. The van der Waals surface area contributed by atoms with Gasteiger partial charge in [-0.15, -0.1) is 11.8 Å². The van der Waals surface area contributed by atoms with E-state index in [4.69, 9.17) is 44.3 Å². The molecule has 404 valence electrons. The summed E-state index contributed by atoms with van der Waals surface area (Å²) in [7, 11) is 3.96. The summed E-state index contributed by atoms with van der Waals surface area (Å²) in [6.07, 6.45) is 8.04. The molecular formula is C59H53BrClN7O9S2. The molecule has 5 heterocycles. The van der Waals surface area contributed by atoms with Crippen LogP contribution in [0.1, 0.15) is 16.7 Å². The van der Waals surface area contributed by atoms with Crippen molar-refractivity contribution in [3.05, 3.63) is 215 Å². The molecule has 20 heteroatoms. The average molecular weight is 1180 g/mol. The maximum Gasteiger partial charge on any atom is 0.265 e. The first kappa shape index (κ1) is 56.8. The highest BCUT2D eigenvalue weighted by atomic mass is 79.9. The summed E-state index contributed by atoms with van der Waals surface area (Å²) < 4.78 is 64.5. The lowest BCUT2D eigenvalue weighted by atomic mass is 10.2. The summed E-state index contributed by atoms with van der Waals surface area (Å²) in [5.74, 6) is 5.00. The molecule has 0 aliphatic rings. The van der Waals surface area contributed by atoms with Crippen LogP contribution in [0.4, 0.5) is 11.6 Å². The maximum atomic E-state index is 13.6. The van der Waals surface area contributed by atoms with Crippen molar-refractivity contribution in [2.75, 3.05) is 45.2 Å². The number of sulfonamides is 1. The van der Waals surface area contributed by atoms with Gasteiger partial charge in [0.1, 0.15) is 29.0 Å². The van der Waals surface area contributed by atoms with Crippen molar-refractivity contribution in [3.63, 3.8) is 0 Å². The van der Waals surface area contributed by atoms with Crippen molar-refractivity contribution in [2.24, 2.45) is 0 Å². The van der Waals surface area contributed by atoms with Gasteiger partial charge in [0.15, 0.2) is 11.6 Å². The Hall–Kier alpha value is -8.36. The predicted molar refractivity (Wildman–Crippen MR) is 313 cm³/mol. The van der Waals surface area contributed by atoms with Gasteiger partial charge in [0.25, 0.3) is 10.0 Å². The van der Waals surface area contributed by atoms with Crippen LogP contribution < -0.4 is 33.3 Å². The number of hydrogen-bond acceptors (Lipinski definition) is 16. The van der Waals surface area contributed by atoms with E-state index >= 15 is 0 Å². The Morgan fingerprint density at radius 1 is 0.582 bits per heavy atom. The van der Waals surface area contributed by atoms with E-state index in [1.54, 1.807) is 71.0 Å². The van der Waals surface area contributed by atoms with E-state index in [-0.39, 0.29) is 23.1 Å². The van der Waals surface area contributed by atoms with Crippen molar-refractivity contribution in [1.29, 1.82) is 0 Å². The first-order valence-electron chi connectivity index (χ1n) is 24.1. The van der Waals surface area contributed by atoms with E-state index in [1.807, 2.05) is 78.6 Å². The summed E-state index contributed by atoms with van der Waals surface area (Å²) in [6.45, 7) is 0.773. The highest BCUT2D eigenvalue weighted by Crippen LogP contribution is 2.34. The standard InChI is InChI=1S/C21H18ClN3O5S.C17H15NOS.C11H12N2O2.C10H8BrNO/c1-28-16-5-3-14(4-6-16)13-25(19-9-10-30-24-19)31(26,27)17-7-8-18-15(11-17)12-23-21(29-2)20(18)22;1-19-17-10-14-7-8-16(9-15(14)11-18-17)20-12-13-5-3-2-4-6-13;1-14-10-4-2-9(3-5-10)8-12-11-6-7-15-13-11;1-13-10-5-7-2-3-9(11)4-8(7)6-12-10/h3-12H,13H2,1-2H3;2-11H,12H2,1H3;2-7H,8H2,1H3,(H,12,13);2-6H,1H3. The Labute approximate surface area is 474 Å². The van der Waals surface area contributed by atoms with Gasteiger partial charge in [-0.1, -0.05) is 111 Å². The van der Waals surface area contributed by atoms with Crippen LogP contribution >= 0.6 is 39.3 Å². The molecule has 0 fully saturated rings. The number of methoxy groups -OCH3 is 5. The normalized spacial score (nSPS) is 10.8. The first-order valence-corrected chi connectivity index (χ1v) is 27.7. The molecule has 0 spiro atoms. The molecule has 0 saturated heterocycles. The molecular weight excluding hydrogens is 1130 g/mol. The molecule has 0 atom stereocenters. The number of anilines is 2. The number of fused-ring (bicyclic) bond motifs is 3. The third-order valence-electron chi connectivity index (χ3n) is 11.8. The van der Waals surface area contributed by atoms with Crippen LogP contribution in [0.2, 0.25) is 5.02 Å². The topological polar surface area (TPSA) is 186 Å². The lowest BCUT2D eigenvalue weighted by molar-refractivity contribution is 0.398. The second-order valence-corrected chi connectivity index (χ2v) is 21.1. The van der Waals surface area contributed by atoms with Gasteiger partial charge in [0.05, 0.1) is 47.0 Å². The van der Waals surface area contributed by atoms with E-state index in [9.17, 15) is 8.42 Å². The van der Waals surface area contributed by atoms with E-state index in [0.717, 1.165) is 55.4 Å². The quantitative estimate of drug-likeness (QED) is 0.0900. The van der Waals surface area contributed by atoms with Crippen molar-refractivity contribution >= 4 is 93.3 Å². The van der Waals surface area contributed by atoms with Gasteiger partial charge in [-0.05, 0) is 88.1 Å². The number of aromatic nitrogens is 5. The molecule has 0 aliphatic heterocycles. The molecule has 0 bridgehead atoms. The molecule has 79 heavy (non-hydrogen) atoms. The number of benzene rings is 6. The Morgan fingerprint density at radius 3 is 1.81 bits per heavy atom. The average Bonchev–Trinajstić information content (AvgIpc) is 4.33. The van der Waals surface area contributed by atoms with E-state index in [2.05, 4.69) is 89.0 Å². The van der Waals surface area contributed by atoms with Crippen LogP contribution in [0.3, 0.4) is 0 Å². The Morgan fingerprint density at radius 2 is 1.20 bits per heavy atom. The number of thioether (sulfide) groups is 1. The Kier molecular flexibility index (Phi) is 20.0. The zero-order valence-corrected chi connectivity index (χ0v) is 47.4. The van der Waals surface area contributed by atoms with Gasteiger partial charge in [-0.25, -0.2) is 27.7 Å². The van der Waals surface area contributed by atoms with E-state index < -0.39 is 10.0 Å². The van der Waals surface area contributed by atoms with Crippen molar-refractivity contribution in [2.45, 2.75) is 28.6 Å². The molecule has 16 nitrogen and oxygen atoms in total. The SMILES string of the molecule is COc1cc2ccc(Br)cc2cn1.COc1cc2ccc(SCc3ccccc3)cc2cn1.COc1ccc(CN(c2ccon2)S(=O)(=O)c2ccc3c(Cl)c(OC)ncc3c2)cc1.COc1ccc(CNc2ccon2)cc1. The number of nitrogens with one attached hydrogen (secondary N) is 1. The number of nitrogens with zero attached hydrogens (tertiary/aromatic N) is 6. The zero-order valence-electron chi connectivity index (χ0n) is 43.4. The fourth-order valence-corrected chi connectivity index (χ4v) is 10.6. The maximum absolute atomic E-state index is 13.6. The van der Waals surface area contributed by atoms with Crippen LogP contribution in [-0.4, -0.2) is 69.2 Å². The van der Waals surface area contributed by atoms with Crippen LogP contribution in [0.25, 0.3) is 32.3 Å². The van der Waals surface area contributed by atoms with Gasteiger partial charge in [-0.2, -0.15) is 0 Å². The van der Waals surface area contributed by atoms with Crippen molar-refractivity contribution in [1.82, 2.24) is 25.3 Å². The smallest absolute Gasteiger partial charge is 0.265 e. The Bertz CT molecular complexity index is 3810. The molecule has 5 aromatic heterocycles. The van der Waals surface area contributed by atoms with Gasteiger partial charge >= 0.3 is 0 Å². The molecule has 0 unspecified atom stereocenters. The van der Waals surface area contributed by atoms with Gasteiger partial charge in [0.2, 0.25) is 17.6 Å². The zero-order chi connectivity index (χ0) is 55.6. The highest BCUT2D eigenvalue weighted by Gasteiger charge is 2.28. The summed E-state index contributed by atoms with van der Waals surface area (Å²) in [4.78, 5) is 13.8. The molecule has 0 radical (unpaired) electrons. The highest BCUT2D eigenvalue weighted by molar-refractivity contribution is 9.10. The number of hydrogen-bond donors (Lipinski definition) is 1. The minimum absolute atomic E-state index is 0.0541. The summed E-state index contributed by atoms with van der Waals surface area (Å²) in [5, 5.41) is 16.8. The van der Waals surface area contributed by atoms with E-state index in [1.165, 1.54) is 64.4 Å². The summed E-state index contributed by atoms with van der Waals surface area (Å²) in [6, 6.07) is 49.8. The van der Waals surface area contributed by atoms with Crippen molar-refractivity contribution < 1.29 is 41.1 Å². The first-order chi connectivity index (χ1) is 38.5. The van der Waals surface area contributed by atoms with Crippen molar-refractivity contribution in [3.8, 4) is 29.1 Å². The molecule has 0 saturated carbocycles. The van der Waals surface area contributed by atoms with Crippen LogP contribution in [0.15, 0.2) is 212 Å². The molecule has 0 aliphatic carbocycles. The number of pyridine rings is 3. The predicted octanol–water partition coefficient (Wildman–Crippen LogP) is 14.1. The lowest BCUT2D eigenvalue weighted by Gasteiger charge is -2.22. The van der Waals surface area contributed by atoms with E-state index in [0.29, 0.717) is 33.3 Å². The minimum atomic E-state index is -3.98. The molecule has 1 N–H and O–H groups in total. The molecule has 6 aromatic carbocycles. The number of halogens is 2. The summed E-state index contributed by atoms with van der Waals surface area (Å²) >= 11 is 11.6. The monoisotopic (exact) mass is 1180 g/mol. The third-order valence-corrected chi connectivity index (χ3v) is 15.4. The van der Waals surface area contributed by atoms with Gasteiger partial charge in [0, 0.05) is 86.1 Å². The van der Waals surface area contributed by atoms with Gasteiger partial charge < -0.3 is 38.0 Å². The Balaban J connectivity index is 0.000000147. The fraction of sp³-hybridized carbons (Fsp3) is 0.136. The second kappa shape index (κ2) is 27.8. The molecule has 11 aromatic rings. The van der Waals surface area contributed by atoms with Gasteiger partial charge in [-0.3, -0.25) is 0 Å².